The molecule has 36 heavy (non-hydrogen) atoms. The van der Waals surface area contributed by atoms with E-state index in [1.807, 2.05) is 6.92 Å². The maximum atomic E-state index is 13.7. The van der Waals surface area contributed by atoms with Crippen LogP contribution in [0.15, 0.2) is 36.4 Å². The Labute approximate surface area is 214 Å². The van der Waals surface area contributed by atoms with Crippen molar-refractivity contribution < 1.29 is 19.1 Å². The molecule has 0 bridgehead atoms. The molecule has 3 heterocycles. The molecular formula is C27H30N4O4S. The second kappa shape index (κ2) is 10.5. The monoisotopic (exact) mass is 506 g/mol. The average molecular weight is 507 g/mol. The molecule has 0 radical (unpaired) electrons. The maximum Gasteiger partial charge on any atom is 0.260 e. The fourth-order valence-electron chi connectivity index (χ4n) is 4.81. The zero-order valence-electron chi connectivity index (χ0n) is 20.7. The van der Waals surface area contributed by atoms with Crippen molar-refractivity contribution in [1.29, 1.82) is 0 Å². The van der Waals surface area contributed by atoms with E-state index >= 15 is 0 Å². The van der Waals surface area contributed by atoms with E-state index in [2.05, 4.69) is 24.0 Å². The van der Waals surface area contributed by atoms with Crippen LogP contribution in [-0.2, 0) is 14.3 Å². The van der Waals surface area contributed by atoms with E-state index in [4.69, 9.17) is 9.72 Å². The Bertz CT molecular complexity index is 1280. The van der Waals surface area contributed by atoms with Crippen LogP contribution in [0.3, 0.4) is 0 Å². The van der Waals surface area contributed by atoms with Crippen molar-refractivity contribution in [3.8, 4) is 0 Å². The average Bonchev–Trinajstić information content (AvgIpc) is 3.45. The number of hydrogen-bond acceptors (Lipinski definition) is 7. The summed E-state index contributed by atoms with van der Waals surface area (Å²) in [5, 5.41) is 0.680. The van der Waals surface area contributed by atoms with E-state index < -0.39 is 0 Å². The number of aryl methyl sites for hydroxylation is 2. The molecule has 2 aliphatic heterocycles. The highest BCUT2D eigenvalue weighted by Crippen LogP contribution is 2.33. The molecule has 0 atom stereocenters. The van der Waals surface area contributed by atoms with Gasteiger partial charge in [0.1, 0.15) is 0 Å². The second-order valence-electron chi connectivity index (χ2n) is 9.36. The number of benzene rings is 2. The number of aromatic nitrogens is 1. The Morgan fingerprint density at radius 1 is 1.06 bits per heavy atom. The first kappa shape index (κ1) is 24.5. The van der Waals surface area contributed by atoms with Crippen molar-refractivity contribution in [2.45, 2.75) is 33.1 Å². The Morgan fingerprint density at radius 2 is 1.75 bits per heavy atom. The third-order valence-corrected chi connectivity index (χ3v) is 7.70. The van der Waals surface area contributed by atoms with Gasteiger partial charge in [-0.05, 0) is 61.7 Å². The van der Waals surface area contributed by atoms with Crippen molar-refractivity contribution in [3.05, 3.63) is 53.1 Å². The Kier molecular flexibility index (Phi) is 7.13. The summed E-state index contributed by atoms with van der Waals surface area (Å²) < 4.78 is 6.51. The highest BCUT2D eigenvalue weighted by Gasteiger charge is 2.30. The molecule has 2 aromatic carbocycles. The molecular weight excluding hydrogens is 476 g/mol. The van der Waals surface area contributed by atoms with Gasteiger partial charge in [-0.25, -0.2) is 4.98 Å². The van der Waals surface area contributed by atoms with Crippen LogP contribution in [0.5, 0.6) is 0 Å². The molecule has 2 saturated heterocycles. The number of ether oxygens (including phenoxy) is 1. The Balaban J connectivity index is 1.40. The minimum atomic E-state index is -0.205. The van der Waals surface area contributed by atoms with Crippen molar-refractivity contribution in [3.63, 3.8) is 0 Å². The molecule has 188 valence electrons. The SMILES string of the molecule is Cc1cc(C)c2nc(N(CCCN3CCOCC3)C(=O)c3ccc(N4C(=O)CCC4=O)cc3)sc2c1. The lowest BCUT2D eigenvalue weighted by Gasteiger charge is -2.27. The van der Waals surface area contributed by atoms with E-state index in [0.717, 1.165) is 55.0 Å². The summed E-state index contributed by atoms with van der Waals surface area (Å²) >= 11 is 1.53. The van der Waals surface area contributed by atoms with Crippen LogP contribution in [-0.4, -0.2) is 67.0 Å². The number of thiazole rings is 1. The van der Waals surface area contributed by atoms with Gasteiger partial charge in [-0.2, -0.15) is 0 Å². The normalized spacial score (nSPS) is 16.8. The summed E-state index contributed by atoms with van der Waals surface area (Å²) in [5.74, 6) is -0.552. The first-order valence-corrected chi connectivity index (χ1v) is 13.2. The van der Waals surface area contributed by atoms with E-state index in [1.165, 1.54) is 21.8 Å². The molecule has 2 fully saturated rings. The fourth-order valence-corrected chi connectivity index (χ4v) is 5.98. The van der Waals surface area contributed by atoms with Crippen molar-refractivity contribution in [2.24, 2.45) is 0 Å². The third-order valence-electron chi connectivity index (χ3n) is 6.68. The van der Waals surface area contributed by atoms with E-state index in [0.29, 0.717) is 22.9 Å². The largest absolute Gasteiger partial charge is 0.379 e. The van der Waals surface area contributed by atoms with Crippen LogP contribution >= 0.6 is 11.3 Å². The van der Waals surface area contributed by atoms with Gasteiger partial charge in [0.15, 0.2) is 5.13 Å². The zero-order chi connectivity index (χ0) is 25.2. The molecule has 0 unspecified atom stereocenters. The number of carbonyl (C=O) groups is 3. The van der Waals surface area contributed by atoms with Gasteiger partial charge < -0.3 is 4.74 Å². The summed E-state index contributed by atoms with van der Waals surface area (Å²) in [7, 11) is 0. The second-order valence-corrected chi connectivity index (χ2v) is 10.4. The van der Waals surface area contributed by atoms with Crippen LogP contribution in [0.4, 0.5) is 10.8 Å². The molecule has 0 N–H and O–H groups in total. The quantitative estimate of drug-likeness (QED) is 0.452. The van der Waals surface area contributed by atoms with Gasteiger partial charge in [0.05, 0.1) is 29.1 Å². The highest BCUT2D eigenvalue weighted by atomic mass is 32.1. The number of imide groups is 1. The zero-order valence-corrected chi connectivity index (χ0v) is 21.5. The van der Waals surface area contributed by atoms with Gasteiger partial charge in [0.25, 0.3) is 5.91 Å². The van der Waals surface area contributed by atoms with Crippen molar-refractivity contribution in [1.82, 2.24) is 9.88 Å². The predicted molar refractivity (Wildman–Crippen MR) is 141 cm³/mol. The summed E-state index contributed by atoms with van der Waals surface area (Å²) in [4.78, 5) is 48.1. The lowest BCUT2D eigenvalue weighted by atomic mass is 10.1. The Morgan fingerprint density at radius 3 is 2.44 bits per heavy atom. The maximum absolute atomic E-state index is 13.7. The topological polar surface area (TPSA) is 83.1 Å². The molecule has 8 nitrogen and oxygen atoms in total. The standard InChI is InChI=1S/C27H30N4O4S/c1-18-16-19(2)25-22(17-18)36-27(28-25)30(11-3-10-29-12-14-35-15-13-29)26(34)20-4-6-21(7-5-20)31-23(32)8-9-24(31)33/h4-7,16-17H,3,8-15H2,1-2H3. The van der Waals surface area contributed by atoms with E-state index in [-0.39, 0.29) is 30.6 Å². The first-order chi connectivity index (χ1) is 17.4. The minimum Gasteiger partial charge on any atom is -0.379 e. The molecule has 0 saturated carbocycles. The number of nitrogens with zero attached hydrogens (tertiary/aromatic N) is 4. The number of carbonyl (C=O) groups excluding carboxylic acids is 3. The number of fused-ring (bicyclic) bond motifs is 1. The molecule has 0 spiro atoms. The summed E-state index contributed by atoms with van der Waals surface area (Å²) in [6.07, 6.45) is 1.27. The van der Waals surface area contributed by atoms with Gasteiger partial charge in [-0.1, -0.05) is 17.4 Å². The van der Waals surface area contributed by atoms with Crippen LogP contribution in [0.1, 0.15) is 40.7 Å². The molecule has 3 amide bonds. The van der Waals surface area contributed by atoms with Crippen molar-refractivity contribution >= 4 is 50.1 Å². The summed E-state index contributed by atoms with van der Waals surface area (Å²) in [5.41, 5.74) is 4.19. The number of amides is 3. The number of anilines is 2. The lowest BCUT2D eigenvalue weighted by Crippen LogP contribution is -2.39. The molecule has 9 heteroatoms. The van der Waals surface area contributed by atoms with Crippen LogP contribution < -0.4 is 9.80 Å². The van der Waals surface area contributed by atoms with E-state index in [1.54, 1.807) is 29.2 Å². The highest BCUT2D eigenvalue weighted by molar-refractivity contribution is 7.22. The van der Waals surface area contributed by atoms with Gasteiger partial charge in [-0.15, -0.1) is 0 Å². The number of rotatable bonds is 7. The van der Waals surface area contributed by atoms with Crippen molar-refractivity contribution in [2.75, 3.05) is 49.2 Å². The van der Waals surface area contributed by atoms with Crippen LogP contribution in [0.25, 0.3) is 10.2 Å². The molecule has 5 rings (SSSR count). The number of hydrogen-bond donors (Lipinski definition) is 0. The minimum absolute atomic E-state index is 0.143. The van der Waals surface area contributed by atoms with Gasteiger partial charge >= 0.3 is 0 Å². The smallest absolute Gasteiger partial charge is 0.260 e. The molecule has 1 aromatic heterocycles. The van der Waals surface area contributed by atoms with Gasteiger partial charge in [0.2, 0.25) is 11.8 Å². The molecule has 0 aliphatic carbocycles. The molecule has 3 aromatic rings. The van der Waals surface area contributed by atoms with Crippen LogP contribution in [0, 0.1) is 13.8 Å². The number of morpholine rings is 1. The summed E-state index contributed by atoms with van der Waals surface area (Å²) in [6, 6.07) is 10.9. The predicted octanol–water partition coefficient (Wildman–Crippen LogP) is 3.94. The van der Waals surface area contributed by atoms with Gasteiger partial charge in [-0.3, -0.25) is 29.1 Å². The first-order valence-electron chi connectivity index (χ1n) is 12.4. The Hall–Kier alpha value is -3.14. The fraction of sp³-hybridized carbons (Fsp3) is 0.407. The third kappa shape index (κ3) is 5.04. The summed E-state index contributed by atoms with van der Waals surface area (Å²) in [6.45, 7) is 8.83. The molecule has 2 aliphatic rings. The lowest BCUT2D eigenvalue weighted by molar-refractivity contribution is -0.121. The van der Waals surface area contributed by atoms with Gasteiger partial charge in [0, 0.05) is 44.6 Å². The van der Waals surface area contributed by atoms with Crippen LogP contribution in [0.2, 0.25) is 0 Å². The van der Waals surface area contributed by atoms with E-state index in [9.17, 15) is 14.4 Å².